The first-order valence-electron chi connectivity index (χ1n) is 8.38. The highest BCUT2D eigenvalue weighted by atomic mass is 16.3. The van der Waals surface area contributed by atoms with Crippen molar-refractivity contribution in [1.29, 1.82) is 0 Å². The normalized spacial score (nSPS) is 12.0. The molecule has 0 saturated carbocycles. The molecule has 1 aromatic heterocycles. The molecule has 0 aliphatic carbocycles. The molecule has 24 heavy (non-hydrogen) atoms. The Morgan fingerprint density at radius 1 is 0.667 bits per heavy atom. The van der Waals surface area contributed by atoms with E-state index in [1.807, 2.05) is 6.92 Å². The highest BCUT2D eigenvalue weighted by molar-refractivity contribution is 6.20. The number of benzene rings is 4. The van der Waals surface area contributed by atoms with Gasteiger partial charge in [-0.25, -0.2) is 0 Å². The average molecular weight is 310 g/mol. The molecule has 0 spiro atoms. The van der Waals surface area contributed by atoms with Crippen LogP contribution in [0.4, 0.5) is 0 Å². The maximum atomic E-state index is 5.97. The molecule has 5 rings (SSSR count). The summed E-state index contributed by atoms with van der Waals surface area (Å²) in [6, 6.07) is 19.9. The molecule has 4 aromatic carbocycles. The Bertz CT molecular complexity index is 1270. The number of hydrogen-bond donors (Lipinski definition) is 0. The monoisotopic (exact) mass is 310 g/mol. The molecule has 0 aliphatic rings. The number of rotatable bonds is 0. The lowest BCUT2D eigenvalue weighted by Crippen LogP contribution is -1.85. The predicted octanol–water partition coefficient (Wildman–Crippen LogP) is 6.82. The minimum atomic E-state index is 0.995. The third-order valence-corrected chi connectivity index (χ3v) is 5.31. The lowest BCUT2D eigenvalue weighted by atomic mass is 9.93. The fraction of sp³-hybridized carbons (Fsp3) is 0.130. The van der Waals surface area contributed by atoms with E-state index >= 15 is 0 Å². The van der Waals surface area contributed by atoms with Gasteiger partial charge < -0.3 is 4.42 Å². The van der Waals surface area contributed by atoms with Crippen LogP contribution < -0.4 is 0 Å². The van der Waals surface area contributed by atoms with Crippen molar-refractivity contribution in [2.75, 3.05) is 0 Å². The number of fused-ring (bicyclic) bond motifs is 6. The van der Waals surface area contributed by atoms with Gasteiger partial charge >= 0.3 is 0 Å². The summed E-state index contributed by atoms with van der Waals surface area (Å²) < 4.78 is 5.97. The third kappa shape index (κ3) is 1.70. The fourth-order valence-electron chi connectivity index (χ4n) is 4.01. The maximum Gasteiger partial charge on any atom is 0.135 e. The fourth-order valence-corrected chi connectivity index (χ4v) is 4.01. The van der Waals surface area contributed by atoms with Gasteiger partial charge in [0.25, 0.3) is 0 Å². The summed E-state index contributed by atoms with van der Waals surface area (Å²) in [6.45, 7) is 6.38. The van der Waals surface area contributed by atoms with Gasteiger partial charge in [0.05, 0.1) is 0 Å². The van der Waals surface area contributed by atoms with E-state index in [-0.39, 0.29) is 0 Å². The van der Waals surface area contributed by atoms with Gasteiger partial charge in [0, 0.05) is 5.39 Å². The Kier molecular flexibility index (Phi) is 2.62. The standard InChI is InChI=1S/C23H18O/c1-13-10-21-23(14(2)15(3)24-21)19-9-8-18-11-16-6-4-5-7-17(16)12-20(18)22(13)19/h4-12H,1-3H3. The molecule has 0 atom stereocenters. The van der Waals surface area contributed by atoms with Crippen molar-refractivity contribution in [3.05, 3.63) is 71.5 Å². The molecule has 1 heteroatoms. The first-order valence-corrected chi connectivity index (χ1v) is 8.38. The maximum absolute atomic E-state index is 5.97. The Hall–Kier alpha value is -2.80. The second-order valence-corrected chi connectivity index (χ2v) is 6.76. The van der Waals surface area contributed by atoms with Crippen LogP contribution in [0.3, 0.4) is 0 Å². The molecule has 0 fully saturated rings. The SMILES string of the molecule is Cc1oc2cc(C)c3c4cc5ccccc5cc4ccc3c2c1C. The van der Waals surface area contributed by atoms with Gasteiger partial charge in [-0.1, -0.05) is 36.4 Å². The van der Waals surface area contributed by atoms with Gasteiger partial charge in [-0.3, -0.25) is 0 Å². The van der Waals surface area contributed by atoms with E-state index < -0.39 is 0 Å². The van der Waals surface area contributed by atoms with Gasteiger partial charge in [-0.05, 0) is 82.4 Å². The summed E-state index contributed by atoms with van der Waals surface area (Å²) in [5, 5.41) is 9.08. The van der Waals surface area contributed by atoms with Crippen LogP contribution in [0, 0.1) is 20.8 Å². The lowest BCUT2D eigenvalue weighted by molar-refractivity contribution is 0.575. The Balaban J connectivity index is 2.07. The quantitative estimate of drug-likeness (QED) is 0.226. The second-order valence-electron chi connectivity index (χ2n) is 6.76. The summed E-state index contributed by atoms with van der Waals surface area (Å²) in [5.74, 6) is 1.01. The zero-order valence-electron chi connectivity index (χ0n) is 14.1. The van der Waals surface area contributed by atoms with Crippen molar-refractivity contribution in [1.82, 2.24) is 0 Å². The number of aryl methyl sites for hydroxylation is 3. The Morgan fingerprint density at radius 2 is 1.42 bits per heavy atom. The average Bonchev–Trinajstić information content (AvgIpc) is 2.86. The highest BCUT2D eigenvalue weighted by Gasteiger charge is 2.14. The van der Waals surface area contributed by atoms with Crippen molar-refractivity contribution in [3.8, 4) is 0 Å². The van der Waals surface area contributed by atoms with Crippen LogP contribution in [0.15, 0.2) is 59.0 Å². The molecule has 0 amide bonds. The van der Waals surface area contributed by atoms with Crippen molar-refractivity contribution in [3.63, 3.8) is 0 Å². The molecule has 0 unspecified atom stereocenters. The molecular weight excluding hydrogens is 292 g/mol. The first kappa shape index (κ1) is 13.6. The van der Waals surface area contributed by atoms with E-state index in [1.54, 1.807) is 0 Å². The zero-order chi connectivity index (χ0) is 16.4. The molecule has 5 aromatic rings. The first-order chi connectivity index (χ1) is 11.6. The van der Waals surface area contributed by atoms with Crippen LogP contribution in [0.1, 0.15) is 16.9 Å². The summed E-state index contributed by atoms with van der Waals surface area (Å²) >= 11 is 0. The molecule has 116 valence electrons. The van der Waals surface area contributed by atoms with Crippen LogP contribution >= 0.6 is 0 Å². The molecule has 1 nitrogen and oxygen atoms in total. The van der Waals surface area contributed by atoms with E-state index in [1.165, 1.54) is 48.8 Å². The second kappa shape index (κ2) is 4.61. The van der Waals surface area contributed by atoms with Gasteiger partial charge in [-0.15, -0.1) is 0 Å². The van der Waals surface area contributed by atoms with Crippen molar-refractivity contribution in [2.45, 2.75) is 20.8 Å². The van der Waals surface area contributed by atoms with Crippen molar-refractivity contribution in [2.24, 2.45) is 0 Å². The summed E-state index contributed by atoms with van der Waals surface area (Å²) in [5.41, 5.74) is 3.51. The topological polar surface area (TPSA) is 13.1 Å². The van der Waals surface area contributed by atoms with E-state index in [4.69, 9.17) is 4.42 Å². The van der Waals surface area contributed by atoms with E-state index in [0.29, 0.717) is 0 Å². The van der Waals surface area contributed by atoms with E-state index in [0.717, 1.165) is 11.3 Å². The predicted molar refractivity (Wildman–Crippen MR) is 103 cm³/mol. The van der Waals surface area contributed by atoms with Crippen LogP contribution in [0.5, 0.6) is 0 Å². The number of furan rings is 1. The molecule has 0 radical (unpaired) electrons. The summed E-state index contributed by atoms with van der Waals surface area (Å²) in [7, 11) is 0. The van der Waals surface area contributed by atoms with Crippen LogP contribution in [-0.4, -0.2) is 0 Å². The van der Waals surface area contributed by atoms with Crippen LogP contribution in [-0.2, 0) is 0 Å². The minimum Gasteiger partial charge on any atom is -0.461 e. The molecular formula is C23H18O. The largest absolute Gasteiger partial charge is 0.461 e. The molecule has 0 bridgehead atoms. The smallest absolute Gasteiger partial charge is 0.135 e. The van der Waals surface area contributed by atoms with Gasteiger partial charge in [0.2, 0.25) is 0 Å². The van der Waals surface area contributed by atoms with Gasteiger partial charge in [-0.2, -0.15) is 0 Å². The lowest BCUT2D eigenvalue weighted by Gasteiger charge is -2.10. The number of hydrogen-bond acceptors (Lipinski definition) is 1. The van der Waals surface area contributed by atoms with Crippen molar-refractivity contribution >= 4 is 43.3 Å². The molecule has 0 aliphatic heterocycles. The van der Waals surface area contributed by atoms with Gasteiger partial charge in [0.15, 0.2) is 0 Å². The van der Waals surface area contributed by atoms with E-state index in [9.17, 15) is 0 Å². The minimum absolute atomic E-state index is 0.995. The zero-order valence-corrected chi connectivity index (χ0v) is 14.1. The summed E-state index contributed by atoms with van der Waals surface area (Å²) in [4.78, 5) is 0. The molecule has 1 heterocycles. The van der Waals surface area contributed by atoms with Crippen molar-refractivity contribution < 1.29 is 4.42 Å². The molecule has 0 saturated heterocycles. The van der Waals surface area contributed by atoms with Crippen LogP contribution in [0.25, 0.3) is 43.3 Å². The Labute approximate surface area is 140 Å². The van der Waals surface area contributed by atoms with Gasteiger partial charge in [0.1, 0.15) is 11.3 Å². The Morgan fingerprint density at radius 3 is 2.21 bits per heavy atom. The van der Waals surface area contributed by atoms with Crippen LogP contribution in [0.2, 0.25) is 0 Å². The third-order valence-electron chi connectivity index (χ3n) is 5.31. The summed E-state index contributed by atoms with van der Waals surface area (Å²) in [6.07, 6.45) is 0. The molecule has 0 N–H and O–H groups in total. The highest BCUT2D eigenvalue weighted by Crippen LogP contribution is 2.38. The van der Waals surface area contributed by atoms with E-state index in [2.05, 4.69) is 68.4 Å².